The van der Waals surface area contributed by atoms with Crippen LogP contribution in [0.3, 0.4) is 0 Å². The molecule has 0 fully saturated rings. The van der Waals surface area contributed by atoms with Gasteiger partial charge < -0.3 is 4.74 Å². The van der Waals surface area contributed by atoms with Gasteiger partial charge in [-0.25, -0.2) is 0 Å². The second-order valence-corrected chi connectivity index (χ2v) is 4.72. The molecule has 0 aromatic heterocycles. The highest BCUT2D eigenvalue weighted by atomic mass is 35.5. The summed E-state index contributed by atoms with van der Waals surface area (Å²) in [5.74, 6) is 1.25. The van der Waals surface area contributed by atoms with Gasteiger partial charge in [0.1, 0.15) is 5.75 Å². The molecule has 2 aromatic rings. The van der Waals surface area contributed by atoms with Crippen LogP contribution >= 0.6 is 11.6 Å². The first kappa shape index (κ1) is 13.0. The van der Waals surface area contributed by atoms with Crippen LogP contribution in [0.5, 0.6) is 5.75 Å². The summed E-state index contributed by atoms with van der Waals surface area (Å²) in [7, 11) is 0. The molecule has 94 valence electrons. The Morgan fingerprint density at radius 2 is 1.83 bits per heavy atom. The fraction of sp³-hybridized carbons (Fsp3) is 0.250. The average Bonchev–Trinajstić information content (AvgIpc) is 2.41. The van der Waals surface area contributed by atoms with E-state index in [4.69, 9.17) is 16.3 Å². The topological polar surface area (TPSA) is 9.23 Å². The van der Waals surface area contributed by atoms with Crippen LogP contribution in [0.25, 0.3) is 0 Å². The molecule has 18 heavy (non-hydrogen) atoms. The van der Waals surface area contributed by atoms with Gasteiger partial charge in [0.05, 0.1) is 6.61 Å². The second kappa shape index (κ2) is 6.46. The molecule has 2 heteroatoms. The van der Waals surface area contributed by atoms with Crippen molar-refractivity contribution in [2.75, 3.05) is 6.61 Å². The van der Waals surface area contributed by atoms with E-state index in [1.165, 1.54) is 5.56 Å². The Kier molecular flexibility index (Phi) is 4.66. The van der Waals surface area contributed by atoms with Gasteiger partial charge in [0, 0.05) is 10.9 Å². The van der Waals surface area contributed by atoms with Crippen molar-refractivity contribution in [1.82, 2.24) is 0 Å². The molecule has 0 aliphatic carbocycles. The zero-order valence-electron chi connectivity index (χ0n) is 10.5. The molecule has 0 radical (unpaired) electrons. The molecular formula is C16H17ClO. The molecule has 1 unspecified atom stereocenters. The van der Waals surface area contributed by atoms with Crippen LogP contribution in [-0.4, -0.2) is 6.61 Å². The predicted molar refractivity (Wildman–Crippen MR) is 76.4 cm³/mol. The summed E-state index contributed by atoms with van der Waals surface area (Å²) < 4.78 is 5.81. The van der Waals surface area contributed by atoms with Crippen molar-refractivity contribution >= 4 is 11.6 Å². The minimum atomic E-state index is 0.421. The number of hydrogen-bond donors (Lipinski definition) is 0. The van der Waals surface area contributed by atoms with Crippen LogP contribution in [0.2, 0.25) is 5.02 Å². The normalized spacial score (nSPS) is 12.1. The molecule has 0 heterocycles. The van der Waals surface area contributed by atoms with Crippen LogP contribution in [0.1, 0.15) is 24.8 Å². The minimum absolute atomic E-state index is 0.421. The SMILES string of the molecule is CCC(COc1cccc(Cl)c1)c1ccccc1. The Labute approximate surface area is 113 Å². The summed E-state index contributed by atoms with van der Waals surface area (Å²) >= 11 is 5.93. The highest BCUT2D eigenvalue weighted by Crippen LogP contribution is 2.22. The van der Waals surface area contributed by atoms with Crippen LogP contribution in [0, 0.1) is 0 Å². The van der Waals surface area contributed by atoms with Gasteiger partial charge in [-0.15, -0.1) is 0 Å². The first-order valence-electron chi connectivity index (χ1n) is 6.23. The van der Waals surface area contributed by atoms with Crippen LogP contribution in [0.4, 0.5) is 0 Å². The van der Waals surface area contributed by atoms with Gasteiger partial charge in [-0.2, -0.15) is 0 Å². The third-order valence-electron chi connectivity index (χ3n) is 3.01. The summed E-state index contributed by atoms with van der Waals surface area (Å²) in [6.45, 7) is 2.86. The number of benzene rings is 2. The minimum Gasteiger partial charge on any atom is -0.493 e. The van der Waals surface area contributed by atoms with E-state index >= 15 is 0 Å². The van der Waals surface area contributed by atoms with E-state index in [9.17, 15) is 0 Å². The molecule has 0 aliphatic heterocycles. The molecule has 2 rings (SSSR count). The van der Waals surface area contributed by atoms with Crippen LogP contribution < -0.4 is 4.74 Å². The Morgan fingerprint density at radius 3 is 2.50 bits per heavy atom. The van der Waals surface area contributed by atoms with E-state index in [1.54, 1.807) is 0 Å². The van der Waals surface area contributed by atoms with Gasteiger partial charge in [0.15, 0.2) is 0 Å². The molecule has 0 saturated heterocycles. The lowest BCUT2D eigenvalue weighted by Crippen LogP contribution is -2.09. The van der Waals surface area contributed by atoms with Crippen molar-refractivity contribution in [3.8, 4) is 5.75 Å². The molecule has 0 N–H and O–H groups in total. The highest BCUT2D eigenvalue weighted by molar-refractivity contribution is 6.30. The molecule has 0 spiro atoms. The maximum absolute atomic E-state index is 5.93. The van der Waals surface area contributed by atoms with Gasteiger partial charge in [-0.1, -0.05) is 54.9 Å². The maximum Gasteiger partial charge on any atom is 0.120 e. The van der Waals surface area contributed by atoms with Gasteiger partial charge in [0.25, 0.3) is 0 Å². The van der Waals surface area contributed by atoms with Gasteiger partial charge in [-0.3, -0.25) is 0 Å². The first-order chi connectivity index (χ1) is 8.79. The molecule has 0 saturated carbocycles. The Bertz CT molecular complexity index is 481. The Balaban J connectivity index is 2.00. The average molecular weight is 261 g/mol. The van der Waals surface area contributed by atoms with Crippen molar-refractivity contribution in [2.24, 2.45) is 0 Å². The Morgan fingerprint density at radius 1 is 1.06 bits per heavy atom. The lowest BCUT2D eigenvalue weighted by atomic mass is 9.98. The molecular weight excluding hydrogens is 244 g/mol. The van der Waals surface area contributed by atoms with Crippen molar-refractivity contribution in [2.45, 2.75) is 19.3 Å². The van der Waals surface area contributed by atoms with Crippen molar-refractivity contribution in [3.05, 3.63) is 65.2 Å². The predicted octanol–water partition coefficient (Wildman–Crippen LogP) is 4.91. The molecule has 1 nitrogen and oxygen atoms in total. The number of rotatable bonds is 5. The molecule has 0 bridgehead atoms. The van der Waals surface area contributed by atoms with Gasteiger partial charge >= 0.3 is 0 Å². The smallest absolute Gasteiger partial charge is 0.120 e. The number of hydrogen-bond acceptors (Lipinski definition) is 1. The van der Waals surface area contributed by atoms with Crippen molar-refractivity contribution < 1.29 is 4.74 Å². The van der Waals surface area contributed by atoms with Crippen LogP contribution in [-0.2, 0) is 0 Å². The number of ether oxygens (including phenoxy) is 1. The van der Waals surface area contributed by atoms with Crippen molar-refractivity contribution in [1.29, 1.82) is 0 Å². The van der Waals surface area contributed by atoms with E-state index in [2.05, 4.69) is 31.2 Å². The quantitative estimate of drug-likeness (QED) is 0.742. The van der Waals surface area contributed by atoms with Gasteiger partial charge in [-0.05, 0) is 30.2 Å². The molecule has 0 aliphatic rings. The fourth-order valence-electron chi connectivity index (χ4n) is 1.93. The highest BCUT2D eigenvalue weighted by Gasteiger charge is 2.09. The largest absolute Gasteiger partial charge is 0.493 e. The van der Waals surface area contributed by atoms with E-state index in [0.717, 1.165) is 12.2 Å². The standard InChI is InChI=1S/C16H17ClO/c1-2-13(14-7-4-3-5-8-14)12-18-16-10-6-9-15(17)11-16/h3-11,13H,2,12H2,1H3. The Hall–Kier alpha value is -1.47. The summed E-state index contributed by atoms with van der Waals surface area (Å²) in [6.07, 6.45) is 1.06. The van der Waals surface area contributed by atoms with E-state index in [0.29, 0.717) is 17.5 Å². The summed E-state index contributed by atoms with van der Waals surface area (Å²) in [6, 6.07) is 18.0. The lowest BCUT2D eigenvalue weighted by Gasteiger charge is -2.16. The number of halogens is 1. The third kappa shape index (κ3) is 3.51. The summed E-state index contributed by atoms with van der Waals surface area (Å²) in [4.78, 5) is 0. The molecule has 2 aromatic carbocycles. The summed E-state index contributed by atoms with van der Waals surface area (Å²) in [5.41, 5.74) is 1.32. The van der Waals surface area contributed by atoms with E-state index in [-0.39, 0.29) is 0 Å². The second-order valence-electron chi connectivity index (χ2n) is 4.28. The zero-order valence-corrected chi connectivity index (χ0v) is 11.2. The first-order valence-corrected chi connectivity index (χ1v) is 6.60. The van der Waals surface area contributed by atoms with Crippen LogP contribution in [0.15, 0.2) is 54.6 Å². The zero-order chi connectivity index (χ0) is 12.8. The maximum atomic E-state index is 5.93. The van der Waals surface area contributed by atoms with E-state index in [1.807, 2.05) is 30.3 Å². The molecule has 1 atom stereocenters. The summed E-state index contributed by atoms with van der Waals surface area (Å²) in [5, 5.41) is 0.709. The van der Waals surface area contributed by atoms with E-state index < -0.39 is 0 Å². The van der Waals surface area contributed by atoms with Crippen molar-refractivity contribution in [3.63, 3.8) is 0 Å². The fourth-order valence-corrected chi connectivity index (χ4v) is 2.11. The molecule has 0 amide bonds. The third-order valence-corrected chi connectivity index (χ3v) is 3.25. The lowest BCUT2D eigenvalue weighted by molar-refractivity contribution is 0.285. The monoisotopic (exact) mass is 260 g/mol. The van der Waals surface area contributed by atoms with Gasteiger partial charge in [0.2, 0.25) is 0 Å².